The van der Waals surface area contributed by atoms with Crippen LogP contribution in [0.2, 0.25) is 0 Å². The van der Waals surface area contributed by atoms with Gasteiger partial charge in [-0.15, -0.1) is 0 Å². The first kappa shape index (κ1) is 23.2. The van der Waals surface area contributed by atoms with E-state index in [0.717, 1.165) is 5.56 Å². The molecule has 8 heteroatoms. The first-order chi connectivity index (χ1) is 17.5. The molecule has 0 fully saturated rings. The minimum atomic E-state index is -0.790. The van der Waals surface area contributed by atoms with E-state index in [1.165, 1.54) is 19.2 Å². The summed E-state index contributed by atoms with van der Waals surface area (Å²) < 4.78 is 36.4. The highest BCUT2D eigenvalue weighted by Crippen LogP contribution is 2.50. The van der Waals surface area contributed by atoms with Gasteiger partial charge in [-0.3, -0.25) is 4.79 Å². The summed E-state index contributed by atoms with van der Waals surface area (Å²) in [6, 6.07) is 16.9. The Hall–Kier alpha value is -4.51. The molecule has 2 heterocycles. The lowest BCUT2D eigenvalue weighted by atomic mass is 9.74. The van der Waals surface area contributed by atoms with E-state index in [1.807, 2.05) is 6.07 Å². The number of hydrogen-bond donors (Lipinski definition) is 1. The largest absolute Gasteiger partial charge is 0.493 e. The molecule has 0 amide bonds. The second-order valence-corrected chi connectivity index (χ2v) is 8.60. The van der Waals surface area contributed by atoms with E-state index >= 15 is 0 Å². The summed E-state index contributed by atoms with van der Waals surface area (Å²) in [7, 11) is 1.51. The lowest BCUT2D eigenvalue weighted by molar-refractivity contribution is -0.117. The van der Waals surface area contributed by atoms with Gasteiger partial charge in [0.15, 0.2) is 17.3 Å². The van der Waals surface area contributed by atoms with Crippen molar-refractivity contribution < 1.29 is 27.8 Å². The molecule has 0 saturated heterocycles. The van der Waals surface area contributed by atoms with Crippen LogP contribution in [0, 0.1) is 17.1 Å². The smallest absolute Gasteiger partial charge is 0.205 e. The SMILES string of the molecule is COc1cccc([C@@H]2C(C#N)=C(N)OC3=C2C(=O)C[C@@H](c2ccco2)C3)c1OCc1ccc(F)cc1. The van der Waals surface area contributed by atoms with Crippen LogP contribution in [0.25, 0.3) is 0 Å². The molecule has 1 aromatic heterocycles. The molecule has 0 spiro atoms. The topological polar surface area (TPSA) is 108 Å². The van der Waals surface area contributed by atoms with Crippen LogP contribution >= 0.6 is 0 Å². The molecule has 182 valence electrons. The molecule has 0 radical (unpaired) electrons. The molecule has 0 saturated carbocycles. The summed E-state index contributed by atoms with van der Waals surface area (Å²) in [5, 5.41) is 10.00. The average Bonchev–Trinajstić information content (AvgIpc) is 3.42. The number of furan rings is 1. The number of carbonyl (C=O) groups is 1. The number of rotatable bonds is 6. The molecule has 1 aliphatic heterocycles. The number of benzene rings is 2. The molecule has 2 N–H and O–H groups in total. The summed E-state index contributed by atoms with van der Waals surface area (Å²) in [6.45, 7) is 0.123. The standard InChI is InChI=1S/C28H23FN2O5/c1-33-23-5-2-4-19(27(23)35-15-16-7-9-18(29)10-8-16)25-20(14-30)28(31)36-24-13-17(12-21(32)26(24)25)22-6-3-11-34-22/h2-11,17,25H,12-13,15,31H2,1H3/t17-,25-/m1/s1. The number of ether oxygens (including phenoxy) is 3. The molecule has 2 atom stereocenters. The average molecular weight is 486 g/mol. The predicted octanol–water partition coefficient (Wildman–Crippen LogP) is 5.21. The highest BCUT2D eigenvalue weighted by molar-refractivity contribution is 6.00. The number of nitriles is 1. The van der Waals surface area contributed by atoms with Crippen LogP contribution in [0.15, 0.2) is 88.1 Å². The summed E-state index contributed by atoms with van der Waals surface area (Å²) >= 11 is 0. The van der Waals surface area contributed by atoms with Crippen LogP contribution in [0.3, 0.4) is 0 Å². The minimum absolute atomic E-state index is 0.0542. The molecule has 3 aromatic rings. The van der Waals surface area contributed by atoms with Crippen molar-refractivity contribution in [3.63, 3.8) is 0 Å². The van der Waals surface area contributed by atoms with Crippen molar-refractivity contribution >= 4 is 5.78 Å². The fraction of sp³-hybridized carbons (Fsp3) is 0.214. The van der Waals surface area contributed by atoms with Gasteiger partial charge in [-0.2, -0.15) is 5.26 Å². The molecule has 36 heavy (non-hydrogen) atoms. The van der Waals surface area contributed by atoms with Gasteiger partial charge >= 0.3 is 0 Å². The van der Waals surface area contributed by atoms with Gasteiger partial charge in [-0.05, 0) is 35.9 Å². The second kappa shape index (κ2) is 9.62. The molecule has 1 aliphatic carbocycles. The third kappa shape index (κ3) is 4.20. The van der Waals surface area contributed by atoms with Gasteiger partial charge in [0.2, 0.25) is 5.88 Å². The predicted molar refractivity (Wildman–Crippen MR) is 127 cm³/mol. The number of nitrogens with zero attached hydrogens (tertiary/aromatic N) is 1. The van der Waals surface area contributed by atoms with Crippen LogP contribution in [0.5, 0.6) is 11.5 Å². The van der Waals surface area contributed by atoms with Gasteiger partial charge in [0.05, 0.1) is 19.3 Å². The zero-order valence-corrected chi connectivity index (χ0v) is 19.5. The Bertz CT molecular complexity index is 1400. The zero-order valence-electron chi connectivity index (χ0n) is 19.5. The molecule has 0 bridgehead atoms. The summed E-state index contributed by atoms with van der Waals surface area (Å²) in [6.07, 6.45) is 2.18. The minimum Gasteiger partial charge on any atom is -0.493 e. The van der Waals surface area contributed by atoms with Gasteiger partial charge in [-0.1, -0.05) is 24.3 Å². The first-order valence-electron chi connectivity index (χ1n) is 11.4. The van der Waals surface area contributed by atoms with Crippen LogP contribution in [-0.4, -0.2) is 12.9 Å². The number of nitrogens with two attached hydrogens (primary N) is 1. The van der Waals surface area contributed by atoms with Crippen molar-refractivity contribution in [2.75, 3.05) is 7.11 Å². The van der Waals surface area contributed by atoms with E-state index in [0.29, 0.717) is 40.6 Å². The van der Waals surface area contributed by atoms with E-state index in [-0.39, 0.29) is 42.0 Å². The molecular weight excluding hydrogens is 463 g/mol. The van der Waals surface area contributed by atoms with Gasteiger partial charge in [0, 0.05) is 29.9 Å². The van der Waals surface area contributed by atoms with Gasteiger partial charge in [-0.25, -0.2) is 4.39 Å². The van der Waals surface area contributed by atoms with Crippen LogP contribution in [0.4, 0.5) is 4.39 Å². The normalized spacial score (nSPS) is 19.4. The molecule has 2 aliphatic rings. The molecule has 5 rings (SSSR count). The Balaban J connectivity index is 1.58. The van der Waals surface area contributed by atoms with Crippen molar-refractivity contribution in [1.82, 2.24) is 0 Å². The quantitative estimate of drug-likeness (QED) is 0.509. The third-order valence-electron chi connectivity index (χ3n) is 6.44. The highest BCUT2D eigenvalue weighted by atomic mass is 19.1. The Labute approximate surface area is 207 Å². The number of Topliss-reactive ketones (excluding diaryl/α,β-unsaturated/α-hetero) is 1. The second-order valence-electron chi connectivity index (χ2n) is 8.60. The number of para-hydroxylation sites is 1. The fourth-order valence-electron chi connectivity index (χ4n) is 4.75. The van der Waals surface area contributed by atoms with E-state index in [1.54, 1.807) is 42.7 Å². The number of hydrogen-bond acceptors (Lipinski definition) is 7. The number of methoxy groups -OCH3 is 1. The maximum Gasteiger partial charge on any atom is 0.205 e. The zero-order chi connectivity index (χ0) is 25.2. The Kier molecular flexibility index (Phi) is 6.21. The monoisotopic (exact) mass is 486 g/mol. The highest BCUT2D eigenvalue weighted by Gasteiger charge is 2.42. The van der Waals surface area contributed by atoms with Gasteiger partial charge < -0.3 is 24.4 Å². The van der Waals surface area contributed by atoms with Gasteiger partial charge in [0.1, 0.15) is 35.6 Å². The van der Waals surface area contributed by atoms with E-state index in [9.17, 15) is 14.4 Å². The Morgan fingerprint density at radius 2 is 1.94 bits per heavy atom. The summed E-state index contributed by atoms with van der Waals surface area (Å²) in [4.78, 5) is 13.5. The van der Waals surface area contributed by atoms with Crippen molar-refractivity contribution in [3.05, 3.63) is 106 Å². The molecule has 2 aromatic carbocycles. The lowest BCUT2D eigenvalue weighted by Gasteiger charge is -2.34. The maximum absolute atomic E-state index is 13.5. The first-order valence-corrected chi connectivity index (χ1v) is 11.4. The van der Waals surface area contributed by atoms with Gasteiger partial charge in [0.25, 0.3) is 0 Å². The lowest BCUT2D eigenvalue weighted by Crippen LogP contribution is -2.30. The van der Waals surface area contributed by atoms with E-state index in [2.05, 4.69) is 6.07 Å². The summed E-state index contributed by atoms with van der Waals surface area (Å²) in [5.74, 6) is 0.359. The van der Waals surface area contributed by atoms with Crippen molar-refractivity contribution in [3.8, 4) is 17.6 Å². The molecular formula is C28H23FN2O5. The number of allylic oxidation sites excluding steroid dienone is 3. The van der Waals surface area contributed by atoms with Crippen LogP contribution < -0.4 is 15.2 Å². The Morgan fingerprint density at radius 1 is 1.14 bits per heavy atom. The molecule has 0 unspecified atom stereocenters. The number of ketones is 1. The van der Waals surface area contributed by atoms with E-state index < -0.39 is 5.92 Å². The molecule has 7 nitrogen and oxygen atoms in total. The van der Waals surface area contributed by atoms with Crippen molar-refractivity contribution in [2.45, 2.75) is 31.3 Å². The van der Waals surface area contributed by atoms with Crippen LogP contribution in [0.1, 0.15) is 41.6 Å². The number of halogens is 1. The Morgan fingerprint density at radius 3 is 2.64 bits per heavy atom. The fourth-order valence-corrected chi connectivity index (χ4v) is 4.75. The number of carbonyl (C=O) groups excluding carboxylic acids is 1. The third-order valence-corrected chi connectivity index (χ3v) is 6.44. The van der Waals surface area contributed by atoms with Crippen molar-refractivity contribution in [2.24, 2.45) is 5.73 Å². The maximum atomic E-state index is 13.5. The van der Waals surface area contributed by atoms with Crippen LogP contribution in [-0.2, 0) is 16.1 Å². The van der Waals surface area contributed by atoms with E-state index in [4.69, 9.17) is 24.4 Å². The van der Waals surface area contributed by atoms with Crippen molar-refractivity contribution in [1.29, 1.82) is 5.26 Å². The summed E-state index contributed by atoms with van der Waals surface area (Å²) in [5.41, 5.74) is 7.99.